The van der Waals surface area contributed by atoms with Crippen molar-refractivity contribution in [2.45, 2.75) is 13.3 Å². The lowest BCUT2D eigenvalue weighted by Gasteiger charge is -2.31. The van der Waals surface area contributed by atoms with E-state index in [-0.39, 0.29) is 0 Å². The first kappa shape index (κ1) is 34.8. The van der Waals surface area contributed by atoms with E-state index in [0.29, 0.717) is 5.92 Å². The van der Waals surface area contributed by atoms with Crippen molar-refractivity contribution >= 4 is 60.3 Å². The average molecular weight is 755 g/mol. The van der Waals surface area contributed by atoms with Crippen molar-refractivity contribution in [2.75, 3.05) is 4.90 Å². The van der Waals surface area contributed by atoms with Gasteiger partial charge in [0.1, 0.15) is 0 Å². The van der Waals surface area contributed by atoms with E-state index >= 15 is 0 Å². The second-order valence-electron chi connectivity index (χ2n) is 15.7. The lowest BCUT2D eigenvalue weighted by molar-refractivity contribution is 0.751. The molecule has 0 fully saturated rings. The van der Waals surface area contributed by atoms with Gasteiger partial charge >= 0.3 is 0 Å². The number of allylic oxidation sites excluding steroid dienone is 3. The van der Waals surface area contributed by atoms with Crippen LogP contribution in [0.3, 0.4) is 0 Å². The van der Waals surface area contributed by atoms with E-state index in [1.54, 1.807) is 0 Å². The normalized spacial score (nSPS) is 14.2. The lowest BCUT2D eigenvalue weighted by Crippen LogP contribution is -2.18. The molecule has 10 aromatic rings. The Bertz CT molecular complexity index is 3240. The van der Waals surface area contributed by atoms with Crippen LogP contribution in [0.2, 0.25) is 0 Å². The number of hydrogen-bond acceptors (Lipinski definition) is 1. The fourth-order valence-corrected chi connectivity index (χ4v) is 9.35. The number of anilines is 2. The second kappa shape index (κ2) is 14.5. The Morgan fingerprint density at radius 2 is 1.08 bits per heavy atom. The smallest absolute Gasteiger partial charge is 0.0619 e. The van der Waals surface area contributed by atoms with Gasteiger partial charge in [-0.25, -0.2) is 0 Å². The van der Waals surface area contributed by atoms with Gasteiger partial charge in [-0.2, -0.15) is 0 Å². The molecule has 0 N–H and O–H groups in total. The van der Waals surface area contributed by atoms with Crippen LogP contribution in [0.25, 0.3) is 76.9 Å². The SMILES string of the molecule is CC1CC=C(N(c2ccc(-c3ccccc3-c3ccccc3)cc2)c2ccc3ccccc3c2)C=C1c1cccc2c1c1ccc3ccccc3c1n2-c1ccccc1. The summed E-state index contributed by atoms with van der Waals surface area (Å²) < 4.78 is 2.47. The quantitative estimate of drug-likeness (QED) is 0.157. The summed E-state index contributed by atoms with van der Waals surface area (Å²) in [6, 6.07) is 75.2. The molecule has 0 bridgehead atoms. The van der Waals surface area contributed by atoms with E-state index in [4.69, 9.17) is 0 Å². The zero-order valence-electron chi connectivity index (χ0n) is 33.0. The number of fused-ring (bicyclic) bond motifs is 6. The Balaban J connectivity index is 1.08. The van der Waals surface area contributed by atoms with Crippen LogP contribution in [0.5, 0.6) is 0 Å². The van der Waals surface area contributed by atoms with Gasteiger partial charge in [0.2, 0.25) is 0 Å². The Kier molecular flexibility index (Phi) is 8.56. The lowest BCUT2D eigenvalue weighted by atomic mass is 9.84. The van der Waals surface area contributed by atoms with Crippen molar-refractivity contribution in [3.63, 3.8) is 0 Å². The third-order valence-corrected chi connectivity index (χ3v) is 12.2. The molecular formula is C57H42N2. The molecule has 1 aliphatic rings. The minimum Gasteiger partial charge on any atom is -0.311 e. The van der Waals surface area contributed by atoms with Gasteiger partial charge in [-0.3, -0.25) is 0 Å². The van der Waals surface area contributed by atoms with E-state index in [1.807, 2.05) is 0 Å². The van der Waals surface area contributed by atoms with E-state index < -0.39 is 0 Å². The van der Waals surface area contributed by atoms with Crippen molar-refractivity contribution in [1.29, 1.82) is 0 Å². The molecule has 11 rings (SSSR count). The maximum Gasteiger partial charge on any atom is 0.0619 e. The zero-order chi connectivity index (χ0) is 39.3. The van der Waals surface area contributed by atoms with Gasteiger partial charge in [-0.05, 0) is 110 Å². The van der Waals surface area contributed by atoms with Crippen molar-refractivity contribution in [3.05, 3.63) is 230 Å². The first-order chi connectivity index (χ1) is 29.2. The fraction of sp³-hybridized carbons (Fsp3) is 0.0526. The summed E-state index contributed by atoms with van der Waals surface area (Å²) in [5.74, 6) is 0.329. The van der Waals surface area contributed by atoms with Crippen molar-refractivity contribution in [1.82, 2.24) is 4.57 Å². The molecular weight excluding hydrogens is 713 g/mol. The molecule has 0 radical (unpaired) electrons. The Labute approximate surface area is 345 Å². The van der Waals surface area contributed by atoms with Gasteiger partial charge in [-0.15, -0.1) is 0 Å². The van der Waals surface area contributed by atoms with Gasteiger partial charge in [0.15, 0.2) is 0 Å². The molecule has 59 heavy (non-hydrogen) atoms. The Morgan fingerprint density at radius 1 is 0.475 bits per heavy atom. The highest BCUT2D eigenvalue weighted by molar-refractivity contribution is 6.21. The number of benzene rings is 9. The average Bonchev–Trinajstić information content (AvgIpc) is 3.66. The Hall–Kier alpha value is -7.42. The van der Waals surface area contributed by atoms with Crippen LogP contribution < -0.4 is 4.90 Å². The van der Waals surface area contributed by atoms with Gasteiger partial charge in [0.05, 0.1) is 11.0 Å². The summed E-state index contributed by atoms with van der Waals surface area (Å²) in [6.07, 6.45) is 5.83. The molecule has 9 aromatic carbocycles. The maximum atomic E-state index is 2.47. The van der Waals surface area contributed by atoms with Gasteiger partial charge < -0.3 is 9.47 Å². The molecule has 0 aliphatic heterocycles. The molecule has 2 heteroatoms. The second-order valence-corrected chi connectivity index (χ2v) is 15.7. The summed E-state index contributed by atoms with van der Waals surface area (Å²) in [4.78, 5) is 2.45. The van der Waals surface area contributed by atoms with Crippen LogP contribution in [0.15, 0.2) is 224 Å². The molecule has 280 valence electrons. The van der Waals surface area contributed by atoms with Crippen LogP contribution in [-0.2, 0) is 0 Å². The van der Waals surface area contributed by atoms with E-state index in [2.05, 4.69) is 235 Å². The molecule has 0 amide bonds. The molecule has 1 unspecified atom stereocenters. The number of rotatable bonds is 7. The predicted molar refractivity (Wildman–Crippen MR) is 252 cm³/mol. The Morgan fingerprint density at radius 3 is 1.86 bits per heavy atom. The molecule has 0 spiro atoms. The highest BCUT2D eigenvalue weighted by Gasteiger charge is 2.25. The van der Waals surface area contributed by atoms with Crippen LogP contribution in [0, 0.1) is 5.92 Å². The minimum atomic E-state index is 0.329. The summed E-state index contributed by atoms with van der Waals surface area (Å²) in [6.45, 7) is 2.38. The van der Waals surface area contributed by atoms with Crippen molar-refractivity contribution < 1.29 is 0 Å². The number of nitrogens with zero attached hydrogens (tertiary/aromatic N) is 2. The van der Waals surface area contributed by atoms with Gasteiger partial charge in [0, 0.05) is 38.9 Å². The number of aromatic nitrogens is 1. The molecule has 1 aliphatic carbocycles. The monoisotopic (exact) mass is 754 g/mol. The van der Waals surface area contributed by atoms with Crippen LogP contribution in [0.1, 0.15) is 18.9 Å². The maximum absolute atomic E-state index is 2.47. The molecule has 1 heterocycles. The molecule has 1 atom stereocenters. The molecule has 0 saturated carbocycles. The first-order valence-electron chi connectivity index (χ1n) is 20.7. The summed E-state index contributed by atoms with van der Waals surface area (Å²) in [5, 5.41) is 7.55. The number of hydrogen-bond donors (Lipinski definition) is 0. The molecule has 1 aromatic heterocycles. The standard InChI is InChI=1S/C57H42N2/c1-39-27-32-48(38-54(39)52-25-14-26-55-56(52)53-36-31-42-18-10-11-24-51(42)57(53)59(55)45-20-6-3-7-21-45)58(47-35-28-40-15-8-9-19-44(40)37-47)46-33-29-43(30-34-46)50-23-13-12-22-49(50)41-16-4-2-5-17-41/h2-26,28-39H,27H2,1H3. The summed E-state index contributed by atoms with van der Waals surface area (Å²) in [7, 11) is 0. The predicted octanol–water partition coefficient (Wildman–Crippen LogP) is 15.6. The summed E-state index contributed by atoms with van der Waals surface area (Å²) >= 11 is 0. The number of para-hydroxylation sites is 1. The van der Waals surface area contributed by atoms with Crippen LogP contribution >= 0.6 is 0 Å². The topological polar surface area (TPSA) is 8.17 Å². The summed E-state index contributed by atoms with van der Waals surface area (Å²) in [5.41, 5.74) is 14.6. The highest BCUT2D eigenvalue weighted by Crippen LogP contribution is 2.45. The van der Waals surface area contributed by atoms with E-state index in [1.165, 1.54) is 88.1 Å². The van der Waals surface area contributed by atoms with E-state index in [0.717, 1.165) is 17.8 Å². The van der Waals surface area contributed by atoms with Crippen LogP contribution in [-0.4, -0.2) is 4.57 Å². The van der Waals surface area contributed by atoms with E-state index in [9.17, 15) is 0 Å². The first-order valence-corrected chi connectivity index (χ1v) is 20.7. The van der Waals surface area contributed by atoms with Crippen LogP contribution in [0.4, 0.5) is 11.4 Å². The van der Waals surface area contributed by atoms with Gasteiger partial charge in [0.25, 0.3) is 0 Å². The molecule has 0 saturated heterocycles. The molecule has 2 nitrogen and oxygen atoms in total. The largest absolute Gasteiger partial charge is 0.311 e. The highest BCUT2D eigenvalue weighted by atomic mass is 15.1. The zero-order valence-corrected chi connectivity index (χ0v) is 33.0. The minimum absolute atomic E-state index is 0.329. The van der Waals surface area contributed by atoms with Crippen molar-refractivity contribution in [3.8, 4) is 27.9 Å². The third kappa shape index (κ3) is 6.04. The van der Waals surface area contributed by atoms with Crippen molar-refractivity contribution in [2.24, 2.45) is 5.92 Å². The van der Waals surface area contributed by atoms with Gasteiger partial charge in [-0.1, -0.05) is 177 Å². The third-order valence-electron chi connectivity index (χ3n) is 12.2. The fourth-order valence-electron chi connectivity index (χ4n) is 9.35.